The second kappa shape index (κ2) is 13.5. The molecule has 0 aliphatic heterocycles. The highest BCUT2D eigenvalue weighted by Gasteiger charge is 2.33. The van der Waals surface area contributed by atoms with Crippen LogP contribution in [0.2, 0.25) is 0 Å². The normalized spacial score (nSPS) is 15.3. The van der Waals surface area contributed by atoms with E-state index in [1.807, 2.05) is 84.9 Å². The molecule has 0 saturated carbocycles. The van der Waals surface area contributed by atoms with Gasteiger partial charge in [0.25, 0.3) is 0 Å². The summed E-state index contributed by atoms with van der Waals surface area (Å²) < 4.78 is 0. The Kier molecular flexibility index (Phi) is 9.49. The summed E-state index contributed by atoms with van der Waals surface area (Å²) in [7, 11) is 0. The first-order chi connectivity index (χ1) is 20.7. The summed E-state index contributed by atoms with van der Waals surface area (Å²) in [6, 6.07) is 29.2. The highest BCUT2D eigenvalue weighted by Crippen LogP contribution is 2.45. The van der Waals surface area contributed by atoms with Crippen LogP contribution in [0, 0.1) is 22.7 Å². The van der Waals surface area contributed by atoms with Gasteiger partial charge in [-0.05, 0) is 71.6 Å². The van der Waals surface area contributed by atoms with E-state index in [0.29, 0.717) is 22.2 Å². The predicted octanol–water partition coefficient (Wildman–Crippen LogP) is 8.89. The summed E-state index contributed by atoms with van der Waals surface area (Å²) in [6.07, 6.45) is 6.12. The van der Waals surface area contributed by atoms with Gasteiger partial charge in [-0.3, -0.25) is 9.59 Å². The van der Waals surface area contributed by atoms with Gasteiger partial charge in [-0.2, -0.15) is 5.26 Å². The van der Waals surface area contributed by atoms with E-state index >= 15 is 0 Å². The molecule has 0 saturated heterocycles. The lowest BCUT2D eigenvalue weighted by Crippen LogP contribution is -2.26. The fourth-order valence-electron chi connectivity index (χ4n) is 5.31. The van der Waals surface area contributed by atoms with Crippen LogP contribution < -0.4 is 10.6 Å². The van der Waals surface area contributed by atoms with E-state index < -0.39 is 5.25 Å². The summed E-state index contributed by atoms with van der Waals surface area (Å²) in [6.45, 7) is 6.81. The van der Waals surface area contributed by atoms with Crippen molar-refractivity contribution in [2.24, 2.45) is 11.3 Å². The molecule has 1 aliphatic carbocycles. The van der Waals surface area contributed by atoms with Crippen molar-refractivity contribution in [3.63, 3.8) is 0 Å². The van der Waals surface area contributed by atoms with Crippen LogP contribution in [0.3, 0.4) is 0 Å². The first kappa shape index (κ1) is 30.3. The molecular formula is C36H35N3O2S2. The van der Waals surface area contributed by atoms with Gasteiger partial charge < -0.3 is 10.6 Å². The Labute approximate surface area is 262 Å². The standard InChI is InChI=1S/C36H35N3O2S2/c1-36(2,3)26-18-19-29-30(23-37)35(43-31(29)21-26)39-34(41)33(25-13-8-5-9-14-25)42-28-16-10-15-27(22-28)38-32(40)20-17-24-11-6-4-7-12-24/h4-17,20,22,26,33H,18-19,21H2,1-3H3,(H,38,40)(H,39,41)/b20-17+. The number of anilines is 2. The second-order valence-electron chi connectivity index (χ2n) is 11.8. The Morgan fingerprint density at radius 3 is 2.42 bits per heavy atom. The number of fused-ring (bicyclic) bond motifs is 1. The molecule has 0 bridgehead atoms. The smallest absolute Gasteiger partial charge is 0.248 e. The van der Waals surface area contributed by atoms with E-state index in [9.17, 15) is 14.9 Å². The van der Waals surface area contributed by atoms with Crippen LogP contribution in [0.4, 0.5) is 10.7 Å². The zero-order valence-corrected chi connectivity index (χ0v) is 26.2. The van der Waals surface area contributed by atoms with Gasteiger partial charge in [-0.15, -0.1) is 23.1 Å². The molecular weight excluding hydrogens is 571 g/mol. The number of nitrogens with one attached hydrogen (secondary N) is 2. The number of nitrogens with zero attached hydrogens (tertiary/aromatic N) is 1. The predicted molar refractivity (Wildman–Crippen MR) is 178 cm³/mol. The summed E-state index contributed by atoms with van der Waals surface area (Å²) in [4.78, 5) is 28.5. The van der Waals surface area contributed by atoms with E-state index in [-0.39, 0.29) is 17.2 Å². The zero-order valence-electron chi connectivity index (χ0n) is 24.6. The Hall–Kier alpha value is -4.12. The molecule has 0 fully saturated rings. The van der Waals surface area contributed by atoms with Crippen LogP contribution >= 0.6 is 23.1 Å². The van der Waals surface area contributed by atoms with Gasteiger partial charge in [0.2, 0.25) is 11.8 Å². The molecule has 2 atom stereocenters. The molecule has 4 aromatic rings. The highest BCUT2D eigenvalue weighted by atomic mass is 32.2. The minimum atomic E-state index is -0.557. The van der Waals surface area contributed by atoms with Gasteiger partial charge in [0.05, 0.1) is 5.56 Å². The molecule has 0 spiro atoms. The van der Waals surface area contributed by atoms with Gasteiger partial charge in [0, 0.05) is 21.5 Å². The molecule has 218 valence electrons. The Morgan fingerprint density at radius 1 is 1.00 bits per heavy atom. The van der Waals surface area contributed by atoms with Crippen molar-refractivity contribution < 1.29 is 9.59 Å². The number of thiophene rings is 1. The first-order valence-electron chi connectivity index (χ1n) is 14.4. The van der Waals surface area contributed by atoms with Crippen molar-refractivity contribution in [3.05, 3.63) is 118 Å². The van der Waals surface area contributed by atoms with Crippen molar-refractivity contribution in [3.8, 4) is 6.07 Å². The lowest BCUT2D eigenvalue weighted by atomic mass is 9.72. The van der Waals surface area contributed by atoms with Gasteiger partial charge in [0.1, 0.15) is 16.3 Å². The van der Waals surface area contributed by atoms with Gasteiger partial charge in [0.15, 0.2) is 0 Å². The minimum absolute atomic E-state index is 0.182. The van der Waals surface area contributed by atoms with Crippen LogP contribution in [0.25, 0.3) is 6.08 Å². The maximum atomic E-state index is 13.9. The van der Waals surface area contributed by atoms with Crippen molar-refractivity contribution in [2.75, 3.05) is 10.6 Å². The van der Waals surface area contributed by atoms with Crippen molar-refractivity contribution in [1.29, 1.82) is 5.26 Å². The quantitative estimate of drug-likeness (QED) is 0.155. The van der Waals surface area contributed by atoms with Gasteiger partial charge in [-0.25, -0.2) is 0 Å². The SMILES string of the molecule is CC(C)(C)C1CCc2c(sc(NC(=O)C(Sc3cccc(NC(=O)/C=C/c4ccccc4)c3)c3ccccc3)c2C#N)C1. The lowest BCUT2D eigenvalue weighted by Gasteiger charge is -2.33. The average Bonchev–Trinajstić information content (AvgIpc) is 3.35. The van der Waals surface area contributed by atoms with Crippen molar-refractivity contribution >= 4 is 51.7 Å². The summed E-state index contributed by atoms with van der Waals surface area (Å²) >= 11 is 2.96. The Morgan fingerprint density at radius 2 is 1.72 bits per heavy atom. The molecule has 1 aromatic heterocycles. The zero-order chi connectivity index (χ0) is 30.4. The minimum Gasteiger partial charge on any atom is -0.322 e. The fraction of sp³-hybridized carbons (Fsp3) is 0.250. The monoisotopic (exact) mass is 605 g/mol. The van der Waals surface area contributed by atoms with Crippen LogP contribution in [0.5, 0.6) is 0 Å². The fourth-order valence-corrected chi connectivity index (χ4v) is 7.68. The van der Waals surface area contributed by atoms with Crippen molar-refractivity contribution in [2.45, 2.75) is 50.2 Å². The van der Waals surface area contributed by atoms with Gasteiger partial charge in [-0.1, -0.05) is 87.5 Å². The van der Waals surface area contributed by atoms with E-state index in [0.717, 1.165) is 40.8 Å². The first-order valence-corrected chi connectivity index (χ1v) is 16.1. The highest BCUT2D eigenvalue weighted by molar-refractivity contribution is 8.00. The maximum Gasteiger partial charge on any atom is 0.248 e. The largest absolute Gasteiger partial charge is 0.322 e. The molecule has 3 aromatic carbocycles. The molecule has 1 heterocycles. The average molecular weight is 606 g/mol. The van der Waals surface area contributed by atoms with E-state index in [1.54, 1.807) is 17.4 Å². The Bertz CT molecular complexity index is 1660. The van der Waals surface area contributed by atoms with Gasteiger partial charge >= 0.3 is 0 Å². The number of hydrogen-bond donors (Lipinski definition) is 2. The third-order valence-corrected chi connectivity index (χ3v) is 10.2. The van der Waals surface area contributed by atoms with E-state index in [2.05, 4.69) is 37.5 Å². The number of benzene rings is 3. The summed E-state index contributed by atoms with van der Waals surface area (Å²) in [5.74, 6) is 0.129. The van der Waals surface area contributed by atoms with Crippen LogP contribution in [-0.4, -0.2) is 11.8 Å². The van der Waals surface area contributed by atoms with Crippen LogP contribution in [0.1, 0.15) is 59.6 Å². The number of amides is 2. The third-order valence-electron chi connectivity index (χ3n) is 7.76. The molecule has 0 radical (unpaired) electrons. The second-order valence-corrected chi connectivity index (χ2v) is 14.1. The summed E-state index contributed by atoms with van der Waals surface area (Å²) in [5, 5.41) is 16.2. The number of thioether (sulfide) groups is 1. The molecule has 5 rings (SSSR count). The number of nitriles is 1. The van der Waals surface area contributed by atoms with Crippen molar-refractivity contribution in [1.82, 2.24) is 0 Å². The van der Waals surface area contributed by atoms with Crippen LogP contribution in [-0.2, 0) is 22.4 Å². The van der Waals surface area contributed by atoms with Crippen LogP contribution in [0.15, 0.2) is 95.9 Å². The molecule has 43 heavy (non-hydrogen) atoms. The molecule has 5 nitrogen and oxygen atoms in total. The topological polar surface area (TPSA) is 82.0 Å². The third kappa shape index (κ3) is 7.64. The molecule has 2 unspecified atom stereocenters. The maximum absolute atomic E-state index is 13.9. The number of rotatable bonds is 8. The van der Waals surface area contributed by atoms with E-state index in [4.69, 9.17) is 0 Å². The summed E-state index contributed by atoms with van der Waals surface area (Å²) in [5.41, 5.74) is 4.34. The molecule has 1 aliphatic rings. The Balaban J connectivity index is 1.34. The number of carbonyl (C=O) groups excluding carboxylic acids is 2. The molecule has 2 amide bonds. The molecule has 7 heteroatoms. The number of carbonyl (C=O) groups is 2. The molecule has 2 N–H and O–H groups in total. The number of hydrogen-bond acceptors (Lipinski definition) is 5. The lowest BCUT2D eigenvalue weighted by molar-refractivity contribution is -0.116. The van der Waals surface area contributed by atoms with E-state index in [1.165, 1.54) is 22.7 Å².